The number of aliphatic hydroxyl groups is 4. The quantitative estimate of drug-likeness (QED) is 0.0309. The van der Waals surface area contributed by atoms with E-state index in [1.807, 2.05) is 0 Å². The summed E-state index contributed by atoms with van der Waals surface area (Å²) >= 11 is 0. The summed E-state index contributed by atoms with van der Waals surface area (Å²) in [6.07, 6.45) is 65.0. The summed E-state index contributed by atoms with van der Waals surface area (Å²) in [6.45, 7) is 4.07. The van der Waals surface area contributed by atoms with Gasteiger partial charge >= 0.3 is 0 Å². The van der Waals surface area contributed by atoms with Crippen molar-refractivity contribution in [3.63, 3.8) is 0 Å². The highest BCUT2D eigenvalue weighted by Crippen LogP contribution is 2.17. The van der Waals surface area contributed by atoms with Crippen LogP contribution in [0.2, 0.25) is 0 Å². The van der Waals surface area contributed by atoms with Crippen LogP contribution in [-0.4, -0.2) is 57.3 Å². The molecule has 4 atom stereocenters. The molecule has 0 aromatic rings. The number of carbonyl (C=O) groups excluding carboxylic acids is 1. The predicted octanol–water partition coefficient (Wildman–Crippen LogP) is 16.4. The van der Waals surface area contributed by atoms with E-state index in [-0.39, 0.29) is 0 Å². The summed E-state index contributed by atoms with van der Waals surface area (Å²) in [5.74, 6) is -0.595. The van der Waals surface area contributed by atoms with Crippen molar-refractivity contribution in [3.05, 3.63) is 36.5 Å². The molecule has 0 bridgehead atoms. The molecule has 0 rings (SSSR count). The average molecular weight is 903 g/mol. The zero-order chi connectivity index (χ0) is 46.7. The van der Waals surface area contributed by atoms with Crippen LogP contribution in [0, 0.1) is 0 Å². The molecule has 0 aliphatic carbocycles. The number of aliphatic hydroxyl groups excluding tert-OH is 4. The van der Waals surface area contributed by atoms with Crippen LogP contribution < -0.4 is 5.32 Å². The van der Waals surface area contributed by atoms with Gasteiger partial charge in [-0.1, -0.05) is 269 Å². The van der Waals surface area contributed by atoms with Crippen molar-refractivity contribution in [1.29, 1.82) is 0 Å². The third-order valence-electron chi connectivity index (χ3n) is 13.3. The van der Waals surface area contributed by atoms with Gasteiger partial charge in [-0.15, -0.1) is 0 Å². The Labute approximate surface area is 398 Å². The molecule has 378 valence electrons. The van der Waals surface area contributed by atoms with Crippen molar-refractivity contribution in [3.8, 4) is 0 Å². The van der Waals surface area contributed by atoms with Crippen LogP contribution in [0.15, 0.2) is 36.5 Å². The second-order valence-corrected chi connectivity index (χ2v) is 19.6. The van der Waals surface area contributed by atoms with Crippen molar-refractivity contribution < 1.29 is 25.2 Å². The zero-order valence-corrected chi connectivity index (χ0v) is 42.8. The number of nitrogens with one attached hydrogen (secondary N) is 1. The Morgan fingerprint density at radius 2 is 0.656 bits per heavy atom. The van der Waals surface area contributed by atoms with Gasteiger partial charge in [0.15, 0.2) is 0 Å². The highest BCUT2D eigenvalue weighted by atomic mass is 16.3. The second-order valence-electron chi connectivity index (χ2n) is 19.6. The van der Waals surface area contributed by atoms with Gasteiger partial charge in [-0.05, 0) is 64.2 Å². The van der Waals surface area contributed by atoms with E-state index in [2.05, 4.69) is 55.6 Å². The van der Waals surface area contributed by atoms with Gasteiger partial charge in [-0.3, -0.25) is 4.79 Å². The van der Waals surface area contributed by atoms with E-state index < -0.39 is 36.9 Å². The lowest BCUT2D eigenvalue weighted by Crippen LogP contribution is -2.53. The lowest BCUT2D eigenvalue weighted by Gasteiger charge is -2.27. The third kappa shape index (κ3) is 45.7. The van der Waals surface area contributed by atoms with Gasteiger partial charge in [0, 0.05) is 0 Å². The molecule has 64 heavy (non-hydrogen) atoms. The fraction of sp³-hybridized carbons (Fsp3) is 0.879. The minimum Gasteiger partial charge on any atom is -0.394 e. The summed E-state index contributed by atoms with van der Waals surface area (Å²) in [6, 6.07) is -1.01. The molecular weight excluding hydrogens is 791 g/mol. The maximum atomic E-state index is 12.6. The first kappa shape index (κ1) is 62.5. The molecule has 0 saturated heterocycles. The first-order valence-electron chi connectivity index (χ1n) is 28.4. The lowest BCUT2D eigenvalue weighted by atomic mass is 10.00. The number of allylic oxidation sites excluding steroid dienone is 6. The third-order valence-corrected chi connectivity index (χ3v) is 13.3. The fourth-order valence-corrected chi connectivity index (χ4v) is 8.85. The molecule has 4 unspecified atom stereocenters. The van der Waals surface area contributed by atoms with Crippen molar-refractivity contribution in [2.45, 2.75) is 321 Å². The van der Waals surface area contributed by atoms with Crippen molar-refractivity contribution >= 4 is 5.91 Å². The minimum absolute atomic E-state index is 0.362. The Morgan fingerprint density at radius 1 is 0.375 bits per heavy atom. The molecule has 6 nitrogen and oxygen atoms in total. The Hall–Kier alpha value is -1.47. The minimum atomic E-state index is -1.29. The summed E-state index contributed by atoms with van der Waals surface area (Å²) in [5.41, 5.74) is 0. The smallest absolute Gasteiger partial charge is 0.249 e. The average Bonchev–Trinajstić information content (AvgIpc) is 3.30. The molecule has 0 radical (unpaired) electrons. The summed E-state index contributed by atoms with van der Waals surface area (Å²) < 4.78 is 0. The second kappa shape index (κ2) is 52.5. The summed E-state index contributed by atoms with van der Waals surface area (Å²) in [7, 11) is 0. The van der Waals surface area contributed by atoms with Gasteiger partial charge in [-0.2, -0.15) is 0 Å². The first-order valence-corrected chi connectivity index (χ1v) is 28.4. The Morgan fingerprint density at radius 3 is 0.984 bits per heavy atom. The Balaban J connectivity index is 3.70. The maximum absolute atomic E-state index is 12.6. The van der Waals surface area contributed by atoms with E-state index in [4.69, 9.17) is 0 Å². The number of hydrogen-bond acceptors (Lipinski definition) is 5. The summed E-state index contributed by atoms with van der Waals surface area (Å²) in [5, 5.41) is 43.9. The molecule has 5 N–H and O–H groups in total. The van der Waals surface area contributed by atoms with E-state index in [0.29, 0.717) is 19.3 Å². The molecule has 0 saturated carbocycles. The van der Waals surface area contributed by atoms with Crippen LogP contribution in [0.5, 0.6) is 0 Å². The van der Waals surface area contributed by atoms with Crippen LogP contribution in [-0.2, 0) is 4.79 Å². The Kier molecular flexibility index (Phi) is 51.3. The predicted molar refractivity (Wildman–Crippen MR) is 279 cm³/mol. The van der Waals surface area contributed by atoms with Crippen LogP contribution in [0.4, 0.5) is 0 Å². The fourth-order valence-electron chi connectivity index (χ4n) is 8.85. The monoisotopic (exact) mass is 902 g/mol. The first-order chi connectivity index (χ1) is 31.5. The molecule has 0 aliphatic rings. The number of amides is 1. The van der Waals surface area contributed by atoms with Gasteiger partial charge in [0.05, 0.1) is 18.8 Å². The van der Waals surface area contributed by atoms with Gasteiger partial charge in [-0.25, -0.2) is 0 Å². The normalized spacial score (nSPS) is 14.0. The molecule has 0 aromatic carbocycles. The van der Waals surface area contributed by atoms with Crippen molar-refractivity contribution in [1.82, 2.24) is 5.32 Å². The maximum Gasteiger partial charge on any atom is 0.249 e. The highest BCUT2D eigenvalue weighted by molar-refractivity contribution is 5.80. The van der Waals surface area contributed by atoms with E-state index in [1.54, 1.807) is 0 Å². The summed E-state index contributed by atoms with van der Waals surface area (Å²) in [4.78, 5) is 12.6. The molecule has 0 aliphatic heterocycles. The van der Waals surface area contributed by atoms with E-state index in [9.17, 15) is 25.2 Å². The topological polar surface area (TPSA) is 110 Å². The molecule has 0 fully saturated rings. The van der Waals surface area contributed by atoms with Gasteiger partial charge in [0.25, 0.3) is 0 Å². The molecular formula is C58H111NO5. The van der Waals surface area contributed by atoms with E-state index in [0.717, 1.165) is 51.4 Å². The van der Waals surface area contributed by atoms with Crippen molar-refractivity contribution in [2.24, 2.45) is 0 Å². The largest absolute Gasteiger partial charge is 0.394 e. The standard InChI is InChI=1S/C58H111NO5/c1-3-5-7-9-11-13-15-17-19-21-23-25-26-27-28-29-30-32-33-35-37-39-41-43-45-47-49-51-55(61)57(63)54(53-60)59-58(64)56(62)52-50-48-46-44-42-40-38-36-34-31-24-22-20-18-16-14-12-10-8-6-4-2/h29-30,35,37,43,45,54-57,60-63H,3-28,31-34,36,38-42,44,46-53H2,1-2H3,(H,59,64)/b30-29+,37-35+,45-43+. The molecule has 6 heteroatoms. The highest BCUT2D eigenvalue weighted by Gasteiger charge is 2.28. The SMILES string of the molecule is CCCCCCCCCCCCCCCC/C=C/CC/C=C/CC/C=C/CCCC(O)C(O)C(CO)NC(=O)C(O)CCCCCCCCCCCCCCCCCCCCCCC. The molecule has 0 aromatic heterocycles. The van der Waals surface area contributed by atoms with Crippen LogP contribution in [0.3, 0.4) is 0 Å². The number of hydrogen-bond donors (Lipinski definition) is 5. The van der Waals surface area contributed by atoms with Gasteiger partial charge in [0.1, 0.15) is 12.2 Å². The van der Waals surface area contributed by atoms with E-state index >= 15 is 0 Å². The van der Waals surface area contributed by atoms with Crippen LogP contribution in [0.1, 0.15) is 296 Å². The van der Waals surface area contributed by atoms with Gasteiger partial charge < -0.3 is 25.7 Å². The molecule has 0 heterocycles. The number of carbonyl (C=O) groups is 1. The van der Waals surface area contributed by atoms with Crippen LogP contribution in [0.25, 0.3) is 0 Å². The number of rotatable bonds is 52. The molecule has 0 spiro atoms. The Bertz CT molecular complexity index is 1010. The van der Waals surface area contributed by atoms with Gasteiger partial charge in [0.2, 0.25) is 5.91 Å². The lowest BCUT2D eigenvalue weighted by molar-refractivity contribution is -0.132. The zero-order valence-electron chi connectivity index (χ0n) is 42.8. The van der Waals surface area contributed by atoms with Crippen LogP contribution >= 0.6 is 0 Å². The molecule has 1 amide bonds. The van der Waals surface area contributed by atoms with E-state index in [1.165, 1.54) is 212 Å². The number of unbranched alkanes of at least 4 members (excludes halogenated alkanes) is 37. The van der Waals surface area contributed by atoms with Crippen molar-refractivity contribution in [2.75, 3.05) is 6.61 Å².